The van der Waals surface area contributed by atoms with Crippen molar-refractivity contribution >= 4 is 28.6 Å². The minimum Gasteiger partial charge on any atom is -0.354 e. The lowest BCUT2D eigenvalue weighted by molar-refractivity contribution is 0.768. The molecule has 7 heteroatoms. The first-order chi connectivity index (χ1) is 10.3. The molecule has 21 heavy (non-hydrogen) atoms. The SMILES string of the molecule is Cn1cc(-c2c[nH]c3ncnc(N4CCSCC4)c23)cn1. The van der Waals surface area contributed by atoms with Crippen molar-refractivity contribution in [1.29, 1.82) is 0 Å². The molecule has 1 aliphatic heterocycles. The molecular weight excluding hydrogens is 284 g/mol. The quantitative estimate of drug-likeness (QED) is 0.783. The molecule has 3 aromatic heterocycles. The summed E-state index contributed by atoms with van der Waals surface area (Å²) in [7, 11) is 1.93. The molecule has 4 rings (SSSR count). The third-order valence-electron chi connectivity index (χ3n) is 3.78. The molecule has 1 saturated heterocycles. The number of thioether (sulfide) groups is 1. The Balaban J connectivity index is 1.88. The molecule has 0 aliphatic carbocycles. The minimum absolute atomic E-state index is 0.886. The normalized spacial score (nSPS) is 15.8. The summed E-state index contributed by atoms with van der Waals surface area (Å²) in [5.74, 6) is 3.33. The second-order valence-electron chi connectivity index (χ2n) is 5.13. The first-order valence-electron chi connectivity index (χ1n) is 6.97. The summed E-state index contributed by atoms with van der Waals surface area (Å²) in [5.41, 5.74) is 3.09. The average Bonchev–Trinajstić information content (AvgIpc) is 3.13. The fourth-order valence-electron chi connectivity index (χ4n) is 2.75. The third-order valence-corrected chi connectivity index (χ3v) is 4.72. The number of nitrogens with one attached hydrogen (secondary N) is 1. The van der Waals surface area contributed by atoms with Gasteiger partial charge in [0.05, 0.1) is 11.6 Å². The van der Waals surface area contributed by atoms with Crippen LogP contribution >= 0.6 is 11.8 Å². The van der Waals surface area contributed by atoms with Crippen molar-refractivity contribution < 1.29 is 0 Å². The summed E-state index contributed by atoms with van der Waals surface area (Å²) in [4.78, 5) is 14.5. The van der Waals surface area contributed by atoms with Gasteiger partial charge in [0.25, 0.3) is 0 Å². The molecule has 0 aromatic carbocycles. The Hall–Kier alpha value is -2.02. The molecule has 3 aromatic rings. The van der Waals surface area contributed by atoms with Crippen molar-refractivity contribution in [3.05, 3.63) is 24.9 Å². The van der Waals surface area contributed by atoms with Gasteiger partial charge in [0, 0.05) is 55.2 Å². The molecule has 6 nitrogen and oxygen atoms in total. The van der Waals surface area contributed by atoms with Crippen LogP contribution in [0, 0.1) is 0 Å². The number of aromatic amines is 1. The lowest BCUT2D eigenvalue weighted by Crippen LogP contribution is -2.33. The lowest BCUT2D eigenvalue weighted by Gasteiger charge is -2.27. The van der Waals surface area contributed by atoms with Gasteiger partial charge < -0.3 is 9.88 Å². The molecule has 1 aliphatic rings. The van der Waals surface area contributed by atoms with E-state index in [1.165, 1.54) is 0 Å². The van der Waals surface area contributed by atoms with Crippen LogP contribution in [0.1, 0.15) is 0 Å². The van der Waals surface area contributed by atoms with E-state index < -0.39 is 0 Å². The molecule has 0 saturated carbocycles. The second-order valence-corrected chi connectivity index (χ2v) is 6.35. The van der Waals surface area contributed by atoms with Crippen molar-refractivity contribution in [3.63, 3.8) is 0 Å². The molecule has 1 N–H and O–H groups in total. The highest BCUT2D eigenvalue weighted by atomic mass is 32.2. The second kappa shape index (κ2) is 5.07. The van der Waals surface area contributed by atoms with Gasteiger partial charge in [-0.3, -0.25) is 4.68 Å². The minimum atomic E-state index is 0.886. The van der Waals surface area contributed by atoms with E-state index in [1.54, 1.807) is 6.33 Å². The number of rotatable bonds is 2. The fourth-order valence-corrected chi connectivity index (χ4v) is 3.65. The highest BCUT2D eigenvalue weighted by Gasteiger charge is 2.19. The van der Waals surface area contributed by atoms with E-state index in [0.29, 0.717) is 0 Å². The summed E-state index contributed by atoms with van der Waals surface area (Å²) in [6.07, 6.45) is 7.54. The van der Waals surface area contributed by atoms with Gasteiger partial charge in [-0.25, -0.2) is 9.97 Å². The summed E-state index contributed by atoms with van der Waals surface area (Å²) in [6, 6.07) is 0. The summed E-state index contributed by atoms with van der Waals surface area (Å²) in [6.45, 7) is 2.07. The van der Waals surface area contributed by atoms with Crippen molar-refractivity contribution in [2.45, 2.75) is 0 Å². The summed E-state index contributed by atoms with van der Waals surface area (Å²) >= 11 is 2.00. The third kappa shape index (κ3) is 2.17. The molecule has 0 unspecified atom stereocenters. The molecule has 108 valence electrons. The first-order valence-corrected chi connectivity index (χ1v) is 8.12. The Labute approximate surface area is 126 Å². The Kier molecular flexibility index (Phi) is 3.07. The zero-order valence-corrected chi connectivity index (χ0v) is 12.6. The highest BCUT2D eigenvalue weighted by Crippen LogP contribution is 2.34. The van der Waals surface area contributed by atoms with Gasteiger partial charge in [-0.15, -0.1) is 0 Å². The standard InChI is InChI=1S/C14H16N6S/c1-19-8-10(6-18-19)11-7-15-13-12(11)14(17-9-16-13)20-2-4-21-5-3-20/h6-9H,2-5H2,1H3,(H,15,16,17). The van der Waals surface area contributed by atoms with Gasteiger partial charge in [0.15, 0.2) is 0 Å². The summed E-state index contributed by atoms with van der Waals surface area (Å²) in [5, 5.41) is 5.36. The van der Waals surface area contributed by atoms with Crippen LogP contribution in [0.15, 0.2) is 24.9 Å². The van der Waals surface area contributed by atoms with Crippen LogP contribution in [0.5, 0.6) is 0 Å². The van der Waals surface area contributed by atoms with E-state index in [2.05, 4.69) is 25.0 Å². The molecular formula is C14H16N6S. The topological polar surface area (TPSA) is 62.6 Å². The van der Waals surface area contributed by atoms with E-state index in [1.807, 2.05) is 42.1 Å². The van der Waals surface area contributed by atoms with E-state index in [-0.39, 0.29) is 0 Å². The molecule has 0 atom stereocenters. The Morgan fingerprint density at radius 1 is 1.24 bits per heavy atom. The van der Waals surface area contributed by atoms with Crippen molar-refractivity contribution in [3.8, 4) is 11.1 Å². The Bertz CT molecular complexity index is 771. The predicted molar refractivity (Wildman–Crippen MR) is 85.6 cm³/mol. The van der Waals surface area contributed by atoms with Crippen molar-refractivity contribution in [2.75, 3.05) is 29.5 Å². The maximum absolute atomic E-state index is 4.55. The molecule has 0 radical (unpaired) electrons. The van der Waals surface area contributed by atoms with E-state index in [0.717, 1.165) is 52.6 Å². The van der Waals surface area contributed by atoms with Gasteiger partial charge in [0.2, 0.25) is 0 Å². The number of hydrogen-bond acceptors (Lipinski definition) is 5. The molecule has 0 amide bonds. The van der Waals surface area contributed by atoms with E-state index in [4.69, 9.17) is 0 Å². The number of aromatic nitrogens is 5. The molecule has 0 bridgehead atoms. The number of aryl methyl sites for hydroxylation is 1. The summed E-state index contributed by atoms with van der Waals surface area (Å²) < 4.78 is 1.81. The fraction of sp³-hybridized carbons (Fsp3) is 0.357. The van der Waals surface area contributed by atoms with Crippen LogP contribution in [-0.4, -0.2) is 49.3 Å². The molecule has 4 heterocycles. The number of H-pyrrole nitrogens is 1. The Morgan fingerprint density at radius 3 is 2.86 bits per heavy atom. The number of hydrogen-bond donors (Lipinski definition) is 1. The zero-order valence-electron chi connectivity index (χ0n) is 11.8. The van der Waals surface area contributed by atoms with Gasteiger partial charge in [-0.2, -0.15) is 16.9 Å². The number of anilines is 1. The van der Waals surface area contributed by atoms with Crippen LogP contribution < -0.4 is 4.90 Å². The molecule has 1 fully saturated rings. The van der Waals surface area contributed by atoms with Gasteiger partial charge in [-0.1, -0.05) is 0 Å². The maximum atomic E-state index is 4.55. The van der Waals surface area contributed by atoms with Crippen LogP contribution in [-0.2, 0) is 7.05 Å². The van der Waals surface area contributed by atoms with Crippen LogP contribution in [0.4, 0.5) is 5.82 Å². The van der Waals surface area contributed by atoms with Gasteiger partial charge in [0.1, 0.15) is 17.8 Å². The number of nitrogens with zero attached hydrogens (tertiary/aromatic N) is 5. The largest absolute Gasteiger partial charge is 0.354 e. The average molecular weight is 300 g/mol. The zero-order chi connectivity index (χ0) is 14.2. The van der Waals surface area contributed by atoms with E-state index in [9.17, 15) is 0 Å². The predicted octanol–water partition coefficient (Wildman–Crippen LogP) is 1.91. The van der Waals surface area contributed by atoms with Crippen LogP contribution in [0.25, 0.3) is 22.2 Å². The maximum Gasteiger partial charge on any atom is 0.143 e. The van der Waals surface area contributed by atoms with Gasteiger partial charge in [-0.05, 0) is 0 Å². The van der Waals surface area contributed by atoms with Crippen LogP contribution in [0.2, 0.25) is 0 Å². The first kappa shape index (κ1) is 12.7. The van der Waals surface area contributed by atoms with Crippen molar-refractivity contribution in [2.24, 2.45) is 7.05 Å². The monoisotopic (exact) mass is 300 g/mol. The highest BCUT2D eigenvalue weighted by molar-refractivity contribution is 7.99. The van der Waals surface area contributed by atoms with E-state index >= 15 is 0 Å². The van der Waals surface area contributed by atoms with Gasteiger partial charge >= 0.3 is 0 Å². The lowest BCUT2D eigenvalue weighted by atomic mass is 10.1. The smallest absolute Gasteiger partial charge is 0.143 e. The van der Waals surface area contributed by atoms with Crippen molar-refractivity contribution in [1.82, 2.24) is 24.7 Å². The molecule has 0 spiro atoms. The van der Waals surface area contributed by atoms with Crippen LogP contribution in [0.3, 0.4) is 0 Å². The Morgan fingerprint density at radius 2 is 2.10 bits per heavy atom. The number of fused-ring (bicyclic) bond motifs is 1.